The zero-order valence-electron chi connectivity index (χ0n) is 7.30. The Morgan fingerprint density at radius 2 is 2.14 bits per heavy atom. The molecule has 1 N–H and O–H groups in total. The van der Waals surface area contributed by atoms with Crippen molar-refractivity contribution in [2.45, 2.75) is 12.8 Å². The highest BCUT2D eigenvalue weighted by Crippen LogP contribution is 2.28. The first kappa shape index (κ1) is 8.93. The summed E-state index contributed by atoms with van der Waals surface area (Å²) in [6.45, 7) is 0.791. The lowest BCUT2D eigenvalue weighted by Crippen LogP contribution is -2.06. The number of oxazole rings is 1. The highest BCUT2D eigenvalue weighted by molar-refractivity contribution is 5.72. The molecule has 0 saturated heterocycles. The number of hydrogen-bond donors (Lipinski definition) is 1. The van der Waals surface area contributed by atoms with Gasteiger partial charge in [-0.3, -0.25) is 4.98 Å². The van der Waals surface area contributed by atoms with Gasteiger partial charge in [-0.15, -0.1) is 0 Å². The predicted molar refractivity (Wildman–Crippen MR) is 46.4 cm³/mol. The maximum absolute atomic E-state index is 12.9. The Morgan fingerprint density at radius 3 is 2.79 bits per heavy atom. The fraction of sp³-hybridized carbons (Fsp3) is 0.222. The molecule has 5 heteroatoms. The Kier molecular flexibility index (Phi) is 1.70. The lowest BCUT2D eigenvalue weighted by molar-refractivity contribution is 0.0175. The van der Waals surface area contributed by atoms with Crippen LogP contribution in [0.15, 0.2) is 27.4 Å². The maximum Gasteiger partial charge on any atom is 0.417 e. The number of rotatable bonds is 1. The van der Waals surface area contributed by atoms with E-state index >= 15 is 0 Å². The third-order valence-electron chi connectivity index (χ3n) is 1.93. The van der Waals surface area contributed by atoms with E-state index in [-0.39, 0.29) is 11.1 Å². The van der Waals surface area contributed by atoms with Crippen molar-refractivity contribution in [1.82, 2.24) is 4.98 Å². The second kappa shape index (κ2) is 2.67. The fourth-order valence-corrected chi connectivity index (χ4v) is 1.22. The Morgan fingerprint density at radius 1 is 1.43 bits per heavy atom. The summed E-state index contributed by atoms with van der Waals surface area (Å²) < 4.78 is 30.4. The average molecular weight is 199 g/mol. The van der Waals surface area contributed by atoms with Crippen LogP contribution in [0.5, 0.6) is 0 Å². The molecule has 3 nitrogen and oxygen atoms in total. The third kappa shape index (κ3) is 1.41. The molecule has 1 aromatic heterocycles. The minimum Gasteiger partial charge on any atom is -0.408 e. The molecule has 0 spiro atoms. The van der Waals surface area contributed by atoms with Gasteiger partial charge >= 0.3 is 5.76 Å². The maximum atomic E-state index is 12.9. The van der Waals surface area contributed by atoms with Gasteiger partial charge in [-0.05, 0) is 12.1 Å². The molecule has 2 aromatic rings. The molecule has 1 heterocycles. The molecule has 74 valence electrons. The van der Waals surface area contributed by atoms with E-state index in [4.69, 9.17) is 0 Å². The van der Waals surface area contributed by atoms with Gasteiger partial charge in [-0.1, -0.05) is 6.07 Å². The van der Waals surface area contributed by atoms with Crippen molar-refractivity contribution < 1.29 is 13.2 Å². The minimum atomic E-state index is -2.93. The molecule has 0 radical (unpaired) electrons. The number of nitrogens with one attached hydrogen (secondary N) is 1. The van der Waals surface area contributed by atoms with E-state index in [0.717, 1.165) is 13.0 Å². The van der Waals surface area contributed by atoms with E-state index in [9.17, 15) is 13.6 Å². The van der Waals surface area contributed by atoms with Crippen LogP contribution in [-0.4, -0.2) is 4.98 Å². The van der Waals surface area contributed by atoms with Gasteiger partial charge in [0.25, 0.3) is 5.92 Å². The van der Waals surface area contributed by atoms with Gasteiger partial charge in [0.2, 0.25) is 0 Å². The summed E-state index contributed by atoms with van der Waals surface area (Å²) in [4.78, 5) is 13.1. The molecule has 0 unspecified atom stereocenters. The Labute approximate surface area is 77.3 Å². The normalized spacial score (nSPS) is 12.2. The van der Waals surface area contributed by atoms with Crippen LogP contribution in [0.3, 0.4) is 0 Å². The van der Waals surface area contributed by atoms with Crippen LogP contribution in [-0.2, 0) is 5.92 Å². The van der Waals surface area contributed by atoms with Crippen LogP contribution < -0.4 is 5.76 Å². The molecular weight excluding hydrogens is 192 g/mol. The number of aromatic nitrogens is 1. The topological polar surface area (TPSA) is 46.0 Å². The van der Waals surface area contributed by atoms with E-state index in [2.05, 4.69) is 9.40 Å². The number of hydrogen-bond acceptors (Lipinski definition) is 2. The van der Waals surface area contributed by atoms with Crippen molar-refractivity contribution in [3.8, 4) is 0 Å². The highest BCUT2D eigenvalue weighted by Gasteiger charge is 2.24. The van der Waals surface area contributed by atoms with E-state index in [1.165, 1.54) is 12.1 Å². The standard InChI is InChI=1S/C9H7F2NO2/c1-9(10,11)5-2-3-6-7(4-5)14-8(13)12-6/h2-4H,1H3,(H,12,13). The van der Waals surface area contributed by atoms with Crippen molar-refractivity contribution in [1.29, 1.82) is 0 Å². The SMILES string of the molecule is CC(F)(F)c1ccc2[nH]c(=O)oc2c1. The fourth-order valence-electron chi connectivity index (χ4n) is 1.22. The van der Waals surface area contributed by atoms with Gasteiger partial charge in [0.15, 0.2) is 5.58 Å². The van der Waals surface area contributed by atoms with Crippen molar-refractivity contribution in [2.75, 3.05) is 0 Å². The molecule has 0 saturated carbocycles. The molecular formula is C9H7F2NO2. The molecule has 14 heavy (non-hydrogen) atoms. The largest absolute Gasteiger partial charge is 0.417 e. The summed E-state index contributed by atoms with van der Waals surface area (Å²) >= 11 is 0. The summed E-state index contributed by atoms with van der Waals surface area (Å²) in [6.07, 6.45) is 0. The first-order valence-corrected chi connectivity index (χ1v) is 3.98. The molecule has 2 rings (SSSR count). The quantitative estimate of drug-likeness (QED) is 0.765. The summed E-state index contributed by atoms with van der Waals surface area (Å²) in [5.74, 6) is -3.57. The smallest absolute Gasteiger partial charge is 0.408 e. The van der Waals surface area contributed by atoms with Crippen molar-refractivity contribution in [3.05, 3.63) is 34.3 Å². The first-order valence-electron chi connectivity index (χ1n) is 3.98. The van der Waals surface area contributed by atoms with Crippen molar-refractivity contribution >= 4 is 11.1 Å². The number of alkyl halides is 2. The molecule has 0 fully saturated rings. The van der Waals surface area contributed by atoms with Gasteiger partial charge in [-0.2, -0.15) is 0 Å². The molecule has 1 aromatic carbocycles. The number of benzene rings is 1. The lowest BCUT2D eigenvalue weighted by atomic mass is 10.1. The minimum absolute atomic E-state index is 0.147. The van der Waals surface area contributed by atoms with Crippen molar-refractivity contribution in [3.63, 3.8) is 0 Å². The molecule has 0 atom stereocenters. The Hall–Kier alpha value is -1.65. The summed E-state index contributed by atoms with van der Waals surface area (Å²) in [5, 5.41) is 0. The second-order valence-electron chi connectivity index (χ2n) is 3.11. The van der Waals surface area contributed by atoms with Gasteiger partial charge < -0.3 is 4.42 Å². The zero-order chi connectivity index (χ0) is 10.3. The summed E-state index contributed by atoms with van der Waals surface area (Å²) in [6, 6.07) is 3.81. The Balaban J connectivity index is 2.67. The lowest BCUT2D eigenvalue weighted by Gasteiger charge is -2.09. The van der Waals surface area contributed by atoms with Crippen LogP contribution in [0, 0.1) is 0 Å². The van der Waals surface area contributed by atoms with Gasteiger partial charge in [0.05, 0.1) is 5.52 Å². The van der Waals surface area contributed by atoms with Crippen LogP contribution in [0.2, 0.25) is 0 Å². The molecule has 0 amide bonds. The van der Waals surface area contributed by atoms with Crippen LogP contribution in [0.1, 0.15) is 12.5 Å². The third-order valence-corrected chi connectivity index (χ3v) is 1.93. The average Bonchev–Trinajstić information content (AvgIpc) is 2.41. The highest BCUT2D eigenvalue weighted by atomic mass is 19.3. The van der Waals surface area contributed by atoms with Gasteiger partial charge in [0.1, 0.15) is 0 Å². The van der Waals surface area contributed by atoms with Crippen LogP contribution in [0.4, 0.5) is 8.78 Å². The van der Waals surface area contributed by atoms with E-state index < -0.39 is 11.7 Å². The Bertz CT molecular complexity index is 521. The summed E-state index contributed by atoms with van der Waals surface area (Å²) in [5.41, 5.74) is 0.393. The first-order chi connectivity index (χ1) is 6.47. The van der Waals surface area contributed by atoms with Crippen LogP contribution >= 0.6 is 0 Å². The number of halogens is 2. The molecule has 0 bridgehead atoms. The molecule has 0 aliphatic rings. The van der Waals surface area contributed by atoms with E-state index in [1.807, 2.05) is 0 Å². The van der Waals surface area contributed by atoms with E-state index in [1.54, 1.807) is 0 Å². The number of aromatic amines is 1. The molecule has 0 aliphatic heterocycles. The molecule has 0 aliphatic carbocycles. The summed E-state index contributed by atoms with van der Waals surface area (Å²) in [7, 11) is 0. The van der Waals surface area contributed by atoms with Gasteiger partial charge in [-0.25, -0.2) is 13.6 Å². The van der Waals surface area contributed by atoms with Crippen LogP contribution in [0.25, 0.3) is 11.1 Å². The number of H-pyrrole nitrogens is 1. The predicted octanol–water partition coefficient (Wildman–Crippen LogP) is 2.23. The monoisotopic (exact) mass is 199 g/mol. The zero-order valence-corrected chi connectivity index (χ0v) is 7.30. The second-order valence-corrected chi connectivity index (χ2v) is 3.11. The van der Waals surface area contributed by atoms with E-state index in [0.29, 0.717) is 5.52 Å². The van der Waals surface area contributed by atoms with Crippen molar-refractivity contribution in [2.24, 2.45) is 0 Å². The van der Waals surface area contributed by atoms with Gasteiger partial charge in [0, 0.05) is 12.5 Å². The number of fused-ring (bicyclic) bond motifs is 1.